The van der Waals surface area contributed by atoms with E-state index in [2.05, 4.69) is 6.58 Å². The number of hydrogen-bond donors (Lipinski definition) is 2. The average molecular weight is 280 g/mol. The van der Waals surface area contributed by atoms with Crippen LogP contribution in [0.5, 0.6) is 0 Å². The van der Waals surface area contributed by atoms with Gasteiger partial charge in [0.25, 0.3) is 0 Å². The molecule has 0 saturated heterocycles. The first-order valence-electron chi connectivity index (χ1n) is 6.10. The molecule has 19 heavy (non-hydrogen) atoms. The predicted octanol–water partition coefficient (Wildman–Crippen LogP) is 3.09. The van der Waals surface area contributed by atoms with Gasteiger partial charge in [-0.25, -0.2) is 4.79 Å². The van der Waals surface area contributed by atoms with Gasteiger partial charge in [-0.15, -0.1) is 11.8 Å². The number of benzene rings is 1. The minimum absolute atomic E-state index is 0.0425. The first-order valence-corrected chi connectivity index (χ1v) is 7.08. The maximum Gasteiger partial charge on any atom is 0.331 e. The molecule has 0 radical (unpaired) electrons. The Morgan fingerprint density at radius 2 is 1.95 bits per heavy atom. The van der Waals surface area contributed by atoms with Gasteiger partial charge in [-0.3, -0.25) is 0 Å². The van der Waals surface area contributed by atoms with Gasteiger partial charge in [0.2, 0.25) is 0 Å². The first kappa shape index (κ1) is 15.8. The highest BCUT2D eigenvalue weighted by Crippen LogP contribution is 2.33. The summed E-state index contributed by atoms with van der Waals surface area (Å²) in [6, 6.07) is 9.99. The van der Waals surface area contributed by atoms with E-state index >= 15 is 0 Å². The molecule has 1 unspecified atom stereocenters. The molecular formula is C15H20O3S. The zero-order valence-electron chi connectivity index (χ0n) is 11.3. The zero-order chi connectivity index (χ0) is 14.5. The van der Waals surface area contributed by atoms with Crippen LogP contribution in [0.3, 0.4) is 0 Å². The van der Waals surface area contributed by atoms with Gasteiger partial charge in [0.1, 0.15) is 0 Å². The fourth-order valence-electron chi connectivity index (χ4n) is 1.51. The Morgan fingerprint density at radius 1 is 1.37 bits per heavy atom. The number of carboxylic acid groups (broad SMARTS) is 1. The number of aliphatic hydroxyl groups is 1. The van der Waals surface area contributed by atoms with Crippen LogP contribution >= 0.6 is 11.8 Å². The van der Waals surface area contributed by atoms with E-state index < -0.39 is 16.8 Å². The zero-order valence-corrected chi connectivity index (χ0v) is 12.1. The van der Waals surface area contributed by atoms with Crippen molar-refractivity contribution >= 4 is 17.7 Å². The van der Waals surface area contributed by atoms with Crippen molar-refractivity contribution in [3.63, 3.8) is 0 Å². The van der Waals surface area contributed by atoms with E-state index in [4.69, 9.17) is 5.11 Å². The molecule has 0 aliphatic heterocycles. The second-order valence-electron chi connectivity index (χ2n) is 5.01. The first-order chi connectivity index (χ1) is 8.83. The number of aliphatic hydroxyl groups excluding tert-OH is 1. The van der Waals surface area contributed by atoms with Crippen LogP contribution in [0.2, 0.25) is 0 Å². The quantitative estimate of drug-likeness (QED) is 0.754. The van der Waals surface area contributed by atoms with Gasteiger partial charge in [0, 0.05) is 22.5 Å². The smallest absolute Gasteiger partial charge is 0.331 e. The lowest BCUT2D eigenvalue weighted by Gasteiger charge is -2.30. The van der Waals surface area contributed by atoms with Gasteiger partial charge < -0.3 is 10.2 Å². The number of hydrogen-bond acceptors (Lipinski definition) is 3. The fraction of sp³-hybridized carbons (Fsp3) is 0.400. The van der Waals surface area contributed by atoms with E-state index in [0.717, 1.165) is 5.75 Å². The summed E-state index contributed by atoms with van der Waals surface area (Å²) < 4.78 is -0.422. The van der Waals surface area contributed by atoms with Crippen LogP contribution in [-0.2, 0) is 10.5 Å². The Labute approximate surface area is 118 Å². The van der Waals surface area contributed by atoms with E-state index in [0.29, 0.717) is 0 Å². The third-order valence-electron chi connectivity index (χ3n) is 3.00. The summed E-state index contributed by atoms with van der Waals surface area (Å²) in [5.74, 6) is -0.271. The lowest BCUT2D eigenvalue weighted by atomic mass is 9.99. The minimum Gasteiger partial charge on any atom is -0.478 e. The highest BCUT2D eigenvalue weighted by molar-refractivity contribution is 7.99. The van der Waals surface area contributed by atoms with Crippen LogP contribution in [-0.4, -0.2) is 27.0 Å². The molecule has 0 amide bonds. The third kappa shape index (κ3) is 5.09. The van der Waals surface area contributed by atoms with Crippen molar-refractivity contribution in [2.75, 3.05) is 0 Å². The molecule has 1 aromatic carbocycles. The number of rotatable bonds is 7. The molecule has 0 heterocycles. The number of carbonyl (C=O) groups is 1. The summed E-state index contributed by atoms with van der Waals surface area (Å²) in [5.41, 5.74) is 1.23. The fourth-order valence-corrected chi connectivity index (χ4v) is 2.51. The summed E-state index contributed by atoms with van der Waals surface area (Å²) >= 11 is 1.61. The van der Waals surface area contributed by atoms with Gasteiger partial charge in [-0.05, 0) is 19.4 Å². The second kappa shape index (κ2) is 6.78. The van der Waals surface area contributed by atoms with Crippen molar-refractivity contribution in [3.05, 3.63) is 48.0 Å². The second-order valence-corrected chi connectivity index (χ2v) is 6.64. The molecule has 0 spiro atoms. The number of aliphatic carboxylic acids is 1. The highest BCUT2D eigenvalue weighted by Gasteiger charge is 2.29. The topological polar surface area (TPSA) is 57.5 Å². The van der Waals surface area contributed by atoms with Crippen LogP contribution < -0.4 is 0 Å². The Balaban J connectivity index is 2.55. The normalized spacial score (nSPS) is 13.0. The molecule has 0 aliphatic rings. The van der Waals surface area contributed by atoms with Crippen molar-refractivity contribution in [3.8, 4) is 0 Å². The van der Waals surface area contributed by atoms with Crippen molar-refractivity contribution < 1.29 is 15.0 Å². The van der Waals surface area contributed by atoms with E-state index in [1.54, 1.807) is 11.8 Å². The van der Waals surface area contributed by atoms with Gasteiger partial charge in [-0.1, -0.05) is 36.9 Å². The Hall–Kier alpha value is -1.26. The third-order valence-corrected chi connectivity index (χ3v) is 4.49. The van der Waals surface area contributed by atoms with Gasteiger partial charge in [0.05, 0.1) is 6.10 Å². The van der Waals surface area contributed by atoms with Crippen LogP contribution in [0, 0.1) is 0 Å². The van der Waals surface area contributed by atoms with Crippen LogP contribution in [0.25, 0.3) is 0 Å². The monoisotopic (exact) mass is 280 g/mol. The Kier molecular flexibility index (Phi) is 5.63. The SMILES string of the molecule is C=C(CC(O)C(C)(C)SCc1ccccc1)C(=O)O. The van der Waals surface area contributed by atoms with Gasteiger partial charge >= 0.3 is 5.97 Å². The van der Waals surface area contributed by atoms with Crippen molar-refractivity contribution in [2.45, 2.75) is 36.9 Å². The Morgan fingerprint density at radius 3 is 2.47 bits per heavy atom. The number of thioether (sulfide) groups is 1. The van der Waals surface area contributed by atoms with Crippen LogP contribution in [0.15, 0.2) is 42.5 Å². The van der Waals surface area contributed by atoms with E-state index in [-0.39, 0.29) is 12.0 Å². The van der Waals surface area contributed by atoms with Crippen LogP contribution in [0.1, 0.15) is 25.8 Å². The molecule has 0 aromatic heterocycles. The summed E-state index contributed by atoms with van der Waals surface area (Å²) in [6.07, 6.45) is -0.644. The highest BCUT2D eigenvalue weighted by atomic mass is 32.2. The maximum absolute atomic E-state index is 10.7. The predicted molar refractivity (Wildman–Crippen MR) is 79.2 cm³/mol. The standard InChI is InChI=1S/C15H20O3S/c1-11(14(17)18)9-13(16)15(2,3)19-10-12-7-5-4-6-8-12/h4-8,13,16H,1,9-10H2,2-3H3,(H,17,18). The van der Waals surface area contributed by atoms with Crippen molar-refractivity contribution in [1.82, 2.24) is 0 Å². The van der Waals surface area contributed by atoms with E-state index in [1.807, 2.05) is 44.2 Å². The molecule has 0 saturated carbocycles. The van der Waals surface area contributed by atoms with Crippen molar-refractivity contribution in [2.24, 2.45) is 0 Å². The van der Waals surface area contributed by atoms with Crippen LogP contribution in [0.4, 0.5) is 0 Å². The molecular weight excluding hydrogens is 260 g/mol. The molecule has 1 atom stereocenters. The summed E-state index contributed by atoms with van der Waals surface area (Å²) in [4.78, 5) is 10.7. The molecule has 0 aliphatic carbocycles. The van der Waals surface area contributed by atoms with Crippen molar-refractivity contribution in [1.29, 1.82) is 0 Å². The molecule has 1 aromatic rings. The molecule has 0 bridgehead atoms. The summed E-state index contributed by atoms with van der Waals surface area (Å²) in [5, 5.41) is 18.9. The molecule has 0 fully saturated rings. The molecule has 1 rings (SSSR count). The molecule has 4 heteroatoms. The average Bonchev–Trinajstić information content (AvgIpc) is 2.37. The summed E-state index contributed by atoms with van der Waals surface area (Å²) in [7, 11) is 0. The minimum atomic E-state index is -1.05. The summed E-state index contributed by atoms with van der Waals surface area (Å²) in [6.45, 7) is 7.29. The molecule has 3 nitrogen and oxygen atoms in total. The van der Waals surface area contributed by atoms with Gasteiger partial charge in [-0.2, -0.15) is 0 Å². The Bertz CT molecular complexity index is 440. The lowest BCUT2D eigenvalue weighted by molar-refractivity contribution is -0.133. The van der Waals surface area contributed by atoms with E-state index in [9.17, 15) is 9.90 Å². The molecule has 2 N–H and O–H groups in total. The van der Waals surface area contributed by atoms with E-state index in [1.165, 1.54) is 5.56 Å². The lowest BCUT2D eigenvalue weighted by Crippen LogP contribution is -2.34. The largest absolute Gasteiger partial charge is 0.478 e. The van der Waals surface area contributed by atoms with Gasteiger partial charge in [0.15, 0.2) is 0 Å². The molecule has 104 valence electrons. The number of carboxylic acids is 1. The maximum atomic E-state index is 10.7.